The second-order valence-corrected chi connectivity index (χ2v) is 1.88. The quantitative estimate of drug-likeness (QED) is 0.316. The average molecular weight is 125 g/mol. The maximum Gasteiger partial charge on any atom is 0.142 e. The lowest BCUT2D eigenvalue weighted by Gasteiger charge is -2.10. The van der Waals surface area contributed by atoms with E-state index in [9.17, 15) is 4.79 Å². The molecule has 0 fully saturated rings. The summed E-state index contributed by atoms with van der Waals surface area (Å²) in [7, 11) is 3.74. The molecule has 0 amide bonds. The van der Waals surface area contributed by atoms with Gasteiger partial charge >= 0.3 is 0 Å². The molecule has 0 aliphatic carbocycles. The number of carbonyl (C=O) groups excluding carboxylic acids is 1. The summed E-state index contributed by atoms with van der Waals surface area (Å²) in [4.78, 5) is 11.6. The van der Waals surface area contributed by atoms with Crippen molar-refractivity contribution in [3.8, 4) is 0 Å². The van der Waals surface area contributed by atoms with E-state index in [0.29, 0.717) is 0 Å². The number of hydrogen-bond donors (Lipinski definition) is 0. The Morgan fingerprint density at radius 1 is 1.56 bits per heavy atom. The van der Waals surface area contributed by atoms with Gasteiger partial charge < -0.3 is 4.90 Å². The molecule has 0 aliphatic rings. The van der Waals surface area contributed by atoms with Crippen molar-refractivity contribution in [3.63, 3.8) is 0 Å². The molecule has 0 heterocycles. The first-order valence-electron chi connectivity index (χ1n) is 2.66. The van der Waals surface area contributed by atoms with Gasteiger partial charge in [-0.3, -0.25) is 4.79 Å². The molecule has 0 rings (SSSR count). The van der Waals surface area contributed by atoms with E-state index in [1.807, 2.05) is 19.0 Å². The third-order valence-electron chi connectivity index (χ3n) is 0.942. The SMILES string of the molecule is C=C(C=CC=O)N(C)C. The van der Waals surface area contributed by atoms with E-state index < -0.39 is 0 Å². The van der Waals surface area contributed by atoms with Gasteiger partial charge in [-0.05, 0) is 12.2 Å². The van der Waals surface area contributed by atoms with Crippen LogP contribution in [0.5, 0.6) is 0 Å². The van der Waals surface area contributed by atoms with Gasteiger partial charge in [0, 0.05) is 19.8 Å². The van der Waals surface area contributed by atoms with Crippen LogP contribution >= 0.6 is 0 Å². The minimum atomic E-state index is 0.731. The van der Waals surface area contributed by atoms with E-state index in [4.69, 9.17) is 0 Å². The first-order valence-corrected chi connectivity index (χ1v) is 2.66. The molecule has 0 aromatic rings. The van der Waals surface area contributed by atoms with Gasteiger partial charge in [0.2, 0.25) is 0 Å². The van der Waals surface area contributed by atoms with Crippen molar-refractivity contribution < 1.29 is 4.79 Å². The Morgan fingerprint density at radius 3 is 2.44 bits per heavy atom. The summed E-state index contributed by atoms with van der Waals surface area (Å²) in [6.07, 6.45) is 3.81. The molecule has 50 valence electrons. The van der Waals surface area contributed by atoms with Crippen LogP contribution < -0.4 is 0 Å². The standard InChI is InChI=1S/C7H11NO/c1-7(8(2)3)5-4-6-9/h4-6H,1H2,2-3H3. The molecule has 0 atom stereocenters. The molecular formula is C7H11NO. The molecule has 0 N–H and O–H groups in total. The van der Waals surface area contributed by atoms with Crippen molar-refractivity contribution in [1.82, 2.24) is 4.90 Å². The third-order valence-corrected chi connectivity index (χ3v) is 0.942. The second kappa shape index (κ2) is 3.89. The highest BCUT2D eigenvalue weighted by molar-refractivity contribution is 5.65. The predicted molar refractivity (Wildman–Crippen MR) is 38.0 cm³/mol. The zero-order chi connectivity index (χ0) is 7.28. The maximum absolute atomic E-state index is 9.79. The Labute approximate surface area is 55.5 Å². The van der Waals surface area contributed by atoms with E-state index in [0.717, 1.165) is 12.0 Å². The summed E-state index contributed by atoms with van der Waals surface area (Å²) in [5.41, 5.74) is 0.821. The summed E-state index contributed by atoms with van der Waals surface area (Å²) in [5.74, 6) is 0. The lowest BCUT2D eigenvalue weighted by Crippen LogP contribution is -2.07. The normalized spacial score (nSPS) is 9.56. The van der Waals surface area contributed by atoms with Gasteiger partial charge in [0.25, 0.3) is 0 Å². The van der Waals surface area contributed by atoms with Crippen molar-refractivity contribution in [2.75, 3.05) is 14.1 Å². The molecule has 0 unspecified atom stereocenters. The van der Waals surface area contributed by atoms with Crippen LogP contribution in [0.2, 0.25) is 0 Å². The number of rotatable bonds is 3. The molecule has 0 saturated heterocycles. The molecule has 0 spiro atoms. The predicted octanol–water partition coefficient (Wildman–Crippen LogP) is 0.817. The lowest BCUT2D eigenvalue weighted by atomic mass is 10.4. The first kappa shape index (κ1) is 7.95. The highest BCUT2D eigenvalue weighted by Crippen LogP contribution is 1.93. The van der Waals surface area contributed by atoms with Gasteiger partial charge in [0.15, 0.2) is 0 Å². The van der Waals surface area contributed by atoms with E-state index in [1.165, 1.54) is 6.08 Å². The summed E-state index contributed by atoms with van der Waals surface area (Å²) in [6, 6.07) is 0. The van der Waals surface area contributed by atoms with Gasteiger partial charge in [-0.2, -0.15) is 0 Å². The Morgan fingerprint density at radius 2 is 2.11 bits per heavy atom. The number of allylic oxidation sites excluding steroid dienone is 2. The molecule has 2 nitrogen and oxygen atoms in total. The van der Waals surface area contributed by atoms with E-state index >= 15 is 0 Å². The van der Waals surface area contributed by atoms with E-state index in [2.05, 4.69) is 6.58 Å². The van der Waals surface area contributed by atoms with Crippen molar-refractivity contribution in [2.45, 2.75) is 0 Å². The number of carbonyl (C=O) groups is 1. The Bertz CT molecular complexity index is 136. The van der Waals surface area contributed by atoms with Gasteiger partial charge in [0.1, 0.15) is 6.29 Å². The van der Waals surface area contributed by atoms with Crippen LogP contribution in [0.4, 0.5) is 0 Å². The molecule has 9 heavy (non-hydrogen) atoms. The largest absolute Gasteiger partial charge is 0.378 e. The zero-order valence-corrected chi connectivity index (χ0v) is 5.79. The summed E-state index contributed by atoms with van der Waals surface area (Å²) < 4.78 is 0. The van der Waals surface area contributed by atoms with Crippen molar-refractivity contribution in [1.29, 1.82) is 0 Å². The lowest BCUT2D eigenvalue weighted by molar-refractivity contribution is -0.104. The van der Waals surface area contributed by atoms with Crippen LogP contribution in [0.1, 0.15) is 0 Å². The van der Waals surface area contributed by atoms with Gasteiger partial charge in [-0.1, -0.05) is 6.58 Å². The van der Waals surface area contributed by atoms with Gasteiger partial charge in [0.05, 0.1) is 0 Å². The number of likely N-dealkylation sites (N-methyl/N-ethyl adjacent to an activating group) is 1. The molecule has 0 aliphatic heterocycles. The zero-order valence-electron chi connectivity index (χ0n) is 5.79. The molecule has 0 aromatic carbocycles. The molecular weight excluding hydrogens is 114 g/mol. The fourth-order valence-corrected chi connectivity index (χ4v) is 0.299. The van der Waals surface area contributed by atoms with Crippen LogP contribution in [-0.2, 0) is 4.79 Å². The molecule has 0 saturated carbocycles. The minimum absolute atomic E-state index is 0.731. The molecule has 0 bridgehead atoms. The van der Waals surface area contributed by atoms with Crippen LogP contribution in [0.15, 0.2) is 24.4 Å². The highest BCUT2D eigenvalue weighted by Gasteiger charge is 1.85. The van der Waals surface area contributed by atoms with Crippen LogP contribution in [-0.4, -0.2) is 25.3 Å². The fourth-order valence-electron chi connectivity index (χ4n) is 0.299. The fraction of sp³-hybridized carbons (Fsp3) is 0.286. The van der Waals surface area contributed by atoms with Gasteiger partial charge in [-0.15, -0.1) is 0 Å². The summed E-state index contributed by atoms with van der Waals surface area (Å²) in [6.45, 7) is 3.67. The average Bonchev–Trinajstić information content (AvgIpc) is 1.82. The molecule has 2 heteroatoms. The van der Waals surface area contributed by atoms with Crippen molar-refractivity contribution in [2.24, 2.45) is 0 Å². The monoisotopic (exact) mass is 125 g/mol. The Kier molecular flexibility index (Phi) is 3.44. The Hall–Kier alpha value is -1.05. The number of aldehydes is 1. The van der Waals surface area contributed by atoms with Crippen molar-refractivity contribution in [3.05, 3.63) is 24.4 Å². The smallest absolute Gasteiger partial charge is 0.142 e. The minimum Gasteiger partial charge on any atom is -0.378 e. The maximum atomic E-state index is 9.79. The third kappa shape index (κ3) is 3.53. The second-order valence-electron chi connectivity index (χ2n) is 1.88. The first-order chi connectivity index (χ1) is 4.18. The number of hydrogen-bond acceptors (Lipinski definition) is 2. The van der Waals surface area contributed by atoms with Crippen LogP contribution in [0.25, 0.3) is 0 Å². The van der Waals surface area contributed by atoms with Gasteiger partial charge in [-0.25, -0.2) is 0 Å². The van der Waals surface area contributed by atoms with Crippen LogP contribution in [0, 0.1) is 0 Å². The Balaban J connectivity index is 3.76. The topological polar surface area (TPSA) is 20.3 Å². The van der Waals surface area contributed by atoms with E-state index in [-0.39, 0.29) is 0 Å². The summed E-state index contributed by atoms with van der Waals surface area (Å²) in [5, 5.41) is 0. The summed E-state index contributed by atoms with van der Waals surface area (Å²) >= 11 is 0. The molecule has 0 radical (unpaired) electrons. The van der Waals surface area contributed by atoms with Crippen molar-refractivity contribution >= 4 is 6.29 Å². The highest BCUT2D eigenvalue weighted by atomic mass is 16.1. The number of nitrogens with zero attached hydrogens (tertiary/aromatic N) is 1. The van der Waals surface area contributed by atoms with Crippen LogP contribution in [0.3, 0.4) is 0 Å². The molecule has 0 aromatic heterocycles. The van der Waals surface area contributed by atoms with E-state index in [1.54, 1.807) is 6.08 Å².